The Morgan fingerprint density at radius 1 is 1.07 bits per heavy atom. The van der Waals surface area contributed by atoms with Crippen LogP contribution in [0, 0.1) is 5.82 Å². The van der Waals surface area contributed by atoms with E-state index in [1.165, 1.54) is 14.0 Å². The van der Waals surface area contributed by atoms with Gasteiger partial charge in [0, 0.05) is 17.6 Å². The van der Waals surface area contributed by atoms with Crippen molar-refractivity contribution in [3.8, 4) is 5.69 Å². The zero-order valence-electron chi connectivity index (χ0n) is 25.2. The van der Waals surface area contributed by atoms with Gasteiger partial charge in [0.05, 0.1) is 28.5 Å². The normalized spacial score (nSPS) is 22.0. The first kappa shape index (κ1) is 30.0. The van der Waals surface area contributed by atoms with Crippen LogP contribution in [0.5, 0.6) is 0 Å². The Hall–Kier alpha value is -3.51. The average Bonchev–Trinajstić information content (AvgIpc) is 3.11. The standard InChI is InChI=1S/C30H38BFN4O6/c1-28(2,3)36(27(39)40)21-13-11-20(12-14-21)35-25(37)23-16-19(32)17-33-24(23)34(26(35)38)22-10-8-9-18(15-22)31-41-29(4,5)30(6,7)42-31/h8-10,15-17,20-21H,11-14H2,1-7H3,(H,39,40). The van der Waals surface area contributed by atoms with Crippen molar-refractivity contribution in [2.75, 3.05) is 0 Å². The van der Waals surface area contributed by atoms with Crippen molar-refractivity contribution in [2.45, 2.75) is 103 Å². The Morgan fingerprint density at radius 2 is 1.69 bits per heavy atom. The number of benzene rings is 1. The maximum absolute atomic E-state index is 14.4. The minimum absolute atomic E-state index is 0.0142. The van der Waals surface area contributed by atoms with Crippen molar-refractivity contribution in [3.63, 3.8) is 0 Å². The lowest BCUT2D eigenvalue weighted by molar-refractivity contribution is 0.00578. The molecular weight excluding hydrogens is 542 g/mol. The van der Waals surface area contributed by atoms with Gasteiger partial charge in [-0.05, 0) is 97.8 Å². The van der Waals surface area contributed by atoms with Crippen LogP contribution in [0.1, 0.15) is 80.2 Å². The third kappa shape index (κ3) is 5.15. The zero-order chi connectivity index (χ0) is 30.8. The van der Waals surface area contributed by atoms with Crippen molar-refractivity contribution < 1.29 is 23.6 Å². The third-order valence-corrected chi connectivity index (χ3v) is 8.87. The Kier molecular flexibility index (Phi) is 7.38. The number of hydrogen-bond acceptors (Lipinski definition) is 6. The van der Waals surface area contributed by atoms with E-state index in [9.17, 15) is 23.9 Å². The molecule has 2 fully saturated rings. The van der Waals surface area contributed by atoms with Gasteiger partial charge in [0.25, 0.3) is 5.56 Å². The van der Waals surface area contributed by atoms with E-state index < -0.39 is 53.1 Å². The number of fused-ring (bicyclic) bond motifs is 1. The summed E-state index contributed by atoms with van der Waals surface area (Å²) in [6, 6.07) is 7.47. The minimum atomic E-state index is -1.00. The minimum Gasteiger partial charge on any atom is -0.465 e. The first-order chi connectivity index (χ1) is 19.5. The summed E-state index contributed by atoms with van der Waals surface area (Å²) >= 11 is 0. The van der Waals surface area contributed by atoms with Crippen LogP contribution in [-0.2, 0) is 9.31 Å². The maximum atomic E-state index is 14.4. The molecule has 0 atom stereocenters. The molecule has 10 nitrogen and oxygen atoms in total. The van der Waals surface area contributed by atoms with E-state index in [1.807, 2.05) is 54.5 Å². The zero-order valence-corrected chi connectivity index (χ0v) is 25.2. The number of amides is 1. The van der Waals surface area contributed by atoms with Crippen molar-refractivity contribution in [2.24, 2.45) is 0 Å². The molecule has 1 amide bonds. The van der Waals surface area contributed by atoms with Crippen molar-refractivity contribution in [1.29, 1.82) is 0 Å². The summed E-state index contributed by atoms with van der Waals surface area (Å²) in [4.78, 5) is 45.5. The van der Waals surface area contributed by atoms with Crippen LogP contribution < -0.4 is 16.7 Å². The van der Waals surface area contributed by atoms with Gasteiger partial charge in [0.2, 0.25) is 0 Å². The number of hydrogen-bond donors (Lipinski definition) is 1. The molecular formula is C30H38BFN4O6. The Balaban J connectivity index is 1.58. The van der Waals surface area contributed by atoms with Gasteiger partial charge < -0.3 is 19.3 Å². The molecule has 1 saturated heterocycles. The lowest BCUT2D eigenvalue weighted by Crippen LogP contribution is -2.53. The maximum Gasteiger partial charge on any atom is 0.494 e. The molecule has 42 heavy (non-hydrogen) atoms. The Morgan fingerprint density at radius 3 is 2.26 bits per heavy atom. The highest BCUT2D eigenvalue weighted by atomic mass is 19.1. The van der Waals surface area contributed by atoms with Crippen molar-refractivity contribution in [3.05, 3.63) is 63.2 Å². The molecule has 0 radical (unpaired) electrons. The van der Waals surface area contributed by atoms with Crippen LogP contribution in [0.25, 0.3) is 16.7 Å². The van der Waals surface area contributed by atoms with Crippen LogP contribution >= 0.6 is 0 Å². The number of carboxylic acid groups (broad SMARTS) is 1. The second-order valence-corrected chi connectivity index (χ2v) is 13.3. The Bertz CT molecular complexity index is 1640. The summed E-state index contributed by atoms with van der Waals surface area (Å²) in [6.45, 7) is 13.4. The van der Waals surface area contributed by atoms with Crippen molar-refractivity contribution in [1.82, 2.24) is 19.0 Å². The average molecular weight is 580 g/mol. The van der Waals surface area contributed by atoms with E-state index in [4.69, 9.17) is 9.31 Å². The molecule has 12 heteroatoms. The first-order valence-corrected chi connectivity index (χ1v) is 14.3. The SMILES string of the molecule is CC(C)(C)N(C(=O)O)C1CCC(n2c(=O)c3cc(F)cnc3n(-c3cccc(B4OC(C)(C)C(C)(C)O4)c3)c2=O)CC1. The number of aromatic nitrogens is 3. The highest BCUT2D eigenvalue weighted by Gasteiger charge is 2.51. The first-order valence-electron chi connectivity index (χ1n) is 14.3. The Labute approximate surface area is 244 Å². The largest absolute Gasteiger partial charge is 0.494 e. The lowest BCUT2D eigenvalue weighted by Gasteiger charge is -2.42. The summed E-state index contributed by atoms with van der Waals surface area (Å²) in [5.74, 6) is -0.687. The number of halogens is 1. The molecule has 0 bridgehead atoms. The van der Waals surface area contributed by atoms with Crippen LogP contribution in [0.15, 0.2) is 46.1 Å². The summed E-state index contributed by atoms with van der Waals surface area (Å²) < 4.78 is 29.3. The van der Waals surface area contributed by atoms with Gasteiger partial charge in [-0.15, -0.1) is 0 Å². The molecule has 224 valence electrons. The quantitative estimate of drug-likeness (QED) is 0.459. The van der Waals surface area contributed by atoms with Gasteiger partial charge in [0.15, 0.2) is 5.65 Å². The predicted molar refractivity (Wildman–Crippen MR) is 158 cm³/mol. The fourth-order valence-electron chi connectivity index (χ4n) is 6.09. The molecule has 1 saturated carbocycles. The smallest absolute Gasteiger partial charge is 0.465 e. The van der Waals surface area contributed by atoms with E-state index in [1.54, 1.807) is 18.2 Å². The molecule has 2 aliphatic rings. The third-order valence-electron chi connectivity index (χ3n) is 8.87. The summed E-state index contributed by atoms with van der Waals surface area (Å²) in [7, 11) is -0.677. The molecule has 5 rings (SSSR count). The lowest BCUT2D eigenvalue weighted by atomic mass is 9.79. The molecule has 3 heterocycles. The van der Waals surface area contributed by atoms with Gasteiger partial charge in [-0.1, -0.05) is 12.1 Å². The number of nitrogens with zero attached hydrogens (tertiary/aromatic N) is 4. The molecule has 1 aromatic carbocycles. The summed E-state index contributed by atoms with van der Waals surface area (Å²) in [5.41, 5.74) is -1.77. The van der Waals surface area contributed by atoms with E-state index in [0.717, 1.165) is 12.3 Å². The second-order valence-electron chi connectivity index (χ2n) is 13.3. The number of carbonyl (C=O) groups is 1. The second kappa shape index (κ2) is 10.3. The van der Waals surface area contributed by atoms with Gasteiger partial charge in [-0.3, -0.25) is 9.36 Å². The monoisotopic (exact) mass is 580 g/mol. The molecule has 0 unspecified atom stereocenters. The van der Waals surface area contributed by atoms with E-state index in [-0.39, 0.29) is 17.1 Å². The fourth-order valence-corrected chi connectivity index (χ4v) is 6.09. The number of rotatable bonds is 4. The number of pyridine rings is 1. The highest BCUT2D eigenvalue weighted by molar-refractivity contribution is 6.62. The molecule has 1 N–H and O–H groups in total. The molecule has 1 aliphatic carbocycles. The van der Waals surface area contributed by atoms with E-state index in [0.29, 0.717) is 36.8 Å². The molecule has 1 aliphatic heterocycles. The predicted octanol–water partition coefficient (Wildman–Crippen LogP) is 4.25. The van der Waals surface area contributed by atoms with Crippen LogP contribution in [0.3, 0.4) is 0 Å². The van der Waals surface area contributed by atoms with Gasteiger partial charge in [-0.25, -0.2) is 23.5 Å². The topological polar surface area (TPSA) is 116 Å². The van der Waals surface area contributed by atoms with E-state index >= 15 is 0 Å². The summed E-state index contributed by atoms with van der Waals surface area (Å²) in [5, 5.41) is 9.84. The van der Waals surface area contributed by atoms with Crippen LogP contribution in [-0.4, -0.2) is 60.1 Å². The molecule has 0 spiro atoms. The molecule has 2 aromatic heterocycles. The van der Waals surface area contributed by atoms with E-state index in [2.05, 4.69) is 4.98 Å². The van der Waals surface area contributed by atoms with Crippen LogP contribution in [0.2, 0.25) is 0 Å². The highest BCUT2D eigenvalue weighted by Crippen LogP contribution is 2.37. The molecule has 3 aromatic rings. The fraction of sp³-hybridized carbons (Fsp3) is 0.533. The van der Waals surface area contributed by atoms with Gasteiger partial charge in [-0.2, -0.15) is 0 Å². The van der Waals surface area contributed by atoms with Gasteiger partial charge in [0.1, 0.15) is 5.82 Å². The summed E-state index contributed by atoms with van der Waals surface area (Å²) in [6.07, 6.45) is 1.79. The van der Waals surface area contributed by atoms with Crippen molar-refractivity contribution >= 4 is 29.7 Å². The van der Waals surface area contributed by atoms with Gasteiger partial charge >= 0.3 is 18.9 Å². The van der Waals surface area contributed by atoms with Crippen LogP contribution in [0.4, 0.5) is 9.18 Å².